The Morgan fingerprint density at radius 2 is 1.82 bits per heavy atom. The summed E-state index contributed by atoms with van der Waals surface area (Å²) < 4.78 is 31.5. The first kappa shape index (κ1) is 21.9. The molecule has 2 rings (SSSR count). The van der Waals surface area contributed by atoms with Gasteiger partial charge >= 0.3 is 5.97 Å². The number of nitriles is 1. The van der Waals surface area contributed by atoms with E-state index in [2.05, 4.69) is 4.72 Å². The van der Waals surface area contributed by atoms with Gasteiger partial charge in [-0.1, -0.05) is 0 Å². The van der Waals surface area contributed by atoms with Crippen LogP contribution in [0, 0.1) is 11.3 Å². The van der Waals surface area contributed by atoms with Gasteiger partial charge < -0.3 is 9.64 Å². The molecule has 0 saturated carbocycles. The minimum atomic E-state index is -3.74. The van der Waals surface area contributed by atoms with Gasteiger partial charge in [0, 0.05) is 25.0 Å². The predicted octanol–water partition coefficient (Wildman–Crippen LogP) is 1.82. The van der Waals surface area contributed by atoms with E-state index in [9.17, 15) is 18.0 Å². The first-order valence-electron chi connectivity index (χ1n) is 9.21. The van der Waals surface area contributed by atoms with E-state index in [1.165, 1.54) is 24.3 Å². The topological polar surface area (TPSA) is 117 Å². The Balaban J connectivity index is 1.94. The van der Waals surface area contributed by atoms with Gasteiger partial charge in [-0.05, 0) is 57.4 Å². The third kappa shape index (κ3) is 5.53. The highest BCUT2D eigenvalue weighted by Gasteiger charge is 2.29. The number of piperidine rings is 1. The van der Waals surface area contributed by atoms with Crippen LogP contribution in [0.5, 0.6) is 0 Å². The Labute approximate surface area is 165 Å². The summed E-state index contributed by atoms with van der Waals surface area (Å²) in [5.41, 5.74) is 0.156. The summed E-state index contributed by atoms with van der Waals surface area (Å²) in [6, 6.07) is 7.31. The molecule has 2 atom stereocenters. The summed E-state index contributed by atoms with van der Waals surface area (Å²) >= 11 is 0. The third-order valence-corrected chi connectivity index (χ3v) is 6.21. The lowest BCUT2D eigenvalue weighted by Crippen LogP contribution is -2.49. The van der Waals surface area contributed by atoms with E-state index < -0.39 is 16.0 Å². The zero-order valence-corrected chi connectivity index (χ0v) is 16.9. The molecule has 1 aliphatic rings. The SMILES string of the molecule is C[C@H]1CCC[C@H](C)N1C(=O)COC(=O)c1ccc(S(=O)(=O)NCCC#N)cc1. The van der Waals surface area contributed by atoms with Crippen LogP contribution in [-0.2, 0) is 19.6 Å². The molecule has 152 valence electrons. The smallest absolute Gasteiger partial charge is 0.338 e. The van der Waals surface area contributed by atoms with Crippen molar-refractivity contribution in [1.82, 2.24) is 9.62 Å². The molecule has 0 aromatic heterocycles. The summed E-state index contributed by atoms with van der Waals surface area (Å²) in [6.45, 7) is 3.64. The fourth-order valence-corrected chi connectivity index (χ4v) is 4.32. The molecule has 0 radical (unpaired) electrons. The summed E-state index contributed by atoms with van der Waals surface area (Å²) in [6.07, 6.45) is 3.00. The zero-order chi connectivity index (χ0) is 20.7. The van der Waals surface area contributed by atoms with Gasteiger partial charge in [0.15, 0.2) is 6.61 Å². The van der Waals surface area contributed by atoms with Crippen molar-refractivity contribution >= 4 is 21.9 Å². The molecule has 0 aliphatic carbocycles. The Kier molecular flexibility index (Phi) is 7.54. The third-order valence-electron chi connectivity index (χ3n) is 4.74. The number of likely N-dealkylation sites (tertiary alicyclic amines) is 1. The maximum absolute atomic E-state index is 12.4. The molecule has 1 aromatic carbocycles. The summed E-state index contributed by atoms with van der Waals surface area (Å²) in [5.74, 6) is -0.916. The number of carbonyl (C=O) groups is 2. The Morgan fingerprint density at radius 1 is 1.21 bits per heavy atom. The van der Waals surface area contributed by atoms with Gasteiger partial charge in [-0.2, -0.15) is 5.26 Å². The van der Waals surface area contributed by atoms with Crippen molar-refractivity contribution in [1.29, 1.82) is 5.26 Å². The second kappa shape index (κ2) is 9.66. The summed E-state index contributed by atoms with van der Waals surface area (Å²) in [7, 11) is -3.74. The largest absolute Gasteiger partial charge is 0.452 e. The van der Waals surface area contributed by atoms with Crippen molar-refractivity contribution in [3.05, 3.63) is 29.8 Å². The van der Waals surface area contributed by atoms with Crippen LogP contribution in [0.15, 0.2) is 29.2 Å². The quantitative estimate of drug-likeness (QED) is 0.544. The summed E-state index contributed by atoms with van der Waals surface area (Å²) in [5, 5.41) is 8.47. The lowest BCUT2D eigenvalue weighted by Gasteiger charge is -2.38. The monoisotopic (exact) mass is 407 g/mol. The average molecular weight is 407 g/mol. The van der Waals surface area contributed by atoms with Crippen LogP contribution in [0.4, 0.5) is 0 Å². The highest BCUT2D eigenvalue weighted by atomic mass is 32.2. The maximum Gasteiger partial charge on any atom is 0.338 e. The van der Waals surface area contributed by atoms with E-state index in [1.54, 1.807) is 4.90 Å². The molecule has 1 N–H and O–H groups in total. The number of nitrogens with one attached hydrogen (secondary N) is 1. The molecule has 9 heteroatoms. The molecular weight excluding hydrogens is 382 g/mol. The van der Waals surface area contributed by atoms with Crippen LogP contribution in [0.2, 0.25) is 0 Å². The van der Waals surface area contributed by atoms with Crippen molar-refractivity contribution in [2.75, 3.05) is 13.2 Å². The fraction of sp³-hybridized carbons (Fsp3) is 0.526. The number of nitrogens with zero attached hydrogens (tertiary/aromatic N) is 2. The van der Waals surface area contributed by atoms with Gasteiger partial charge in [-0.15, -0.1) is 0 Å². The number of amides is 1. The lowest BCUT2D eigenvalue weighted by molar-refractivity contribution is -0.140. The predicted molar refractivity (Wildman–Crippen MR) is 102 cm³/mol. The van der Waals surface area contributed by atoms with Gasteiger partial charge in [0.2, 0.25) is 10.0 Å². The minimum absolute atomic E-state index is 0.0120. The molecule has 0 spiro atoms. The number of benzene rings is 1. The van der Waals surface area contributed by atoms with Crippen molar-refractivity contribution < 1.29 is 22.7 Å². The Bertz CT molecular complexity index is 835. The van der Waals surface area contributed by atoms with Crippen LogP contribution < -0.4 is 4.72 Å². The fourth-order valence-electron chi connectivity index (χ4n) is 3.29. The number of sulfonamides is 1. The van der Waals surface area contributed by atoms with E-state index in [1.807, 2.05) is 19.9 Å². The van der Waals surface area contributed by atoms with E-state index in [0.29, 0.717) is 0 Å². The minimum Gasteiger partial charge on any atom is -0.452 e. The molecular formula is C19H25N3O5S. The number of esters is 1. The molecule has 1 aromatic rings. The van der Waals surface area contributed by atoms with Crippen LogP contribution >= 0.6 is 0 Å². The Hall–Kier alpha value is -2.44. The second-order valence-corrected chi connectivity index (χ2v) is 8.60. The zero-order valence-electron chi connectivity index (χ0n) is 16.1. The lowest BCUT2D eigenvalue weighted by atomic mass is 9.97. The molecule has 1 amide bonds. The van der Waals surface area contributed by atoms with Crippen LogP contribution in [-0.4, -0.2) is 50.4 Å². The van der Waals surface area contributed by atoms with Gasteiger partial charge in [0.05, 0.1) is 16.5 Å². The van der Waals surface area contributed by atoms with E-state index in [4.69, 9.17) is 10.00 Å². The van der Waals surface area contributed by atoms with Crippen molar-refractivity contribution in [2.45, 2.75) is 56.5 Å². The van der Waals surface area contributed by atoms with Crippen LogP contribution in [0.1, 0.15) is 49.9 Å². The molecule has 0 unspecified atom stereocenters. The first-order chi connectivity index (χ1) is 13.3. The standard InChI is InChI=1S/C19H25N3O5S/c1-14-5-3-6-15(2)22(14)18(23)13-27-19(24)16-7-9-17(10-8-16)28(25,26)21-12-4-11-20/h7-10,14-15,21H,3-6,12-13H2,1-2H3/t14-,15-/m0/s1. The molecule has 28 heavy (non-hydrogen) atoms. The highest BCUT2D eigenvalue weighted by Crippen LogP contribution is 2.22. The van der Waals surface area contributed by atoms with E-state index in [-0.39, 0.29) is 48.0 Å². The number of hydrogen-bond donors (Lipinski definition) is 1. The van der Waals surface area contributed by atoms with Gasteiger partial charge in [0.1, 0.15) is 0 Å². The number of ether oxygens (including phenoxy) is 1. The molecule has 1 heterocycles. The summed E-state index contributed by atoms with van der Waals surface area (Å²) in [4.78, 5) is 26.3. The van der Waals surface area contributed by atoms with Gasteiger partial charge in [0.25, 0.3) is 5.91 Å². The highest BCUT2D eigenvalue weighted by molar-refractivity contribution is 7.89. The normalized spacial score (nSPS) is 19.7. The molecule has 1 saturated heterocycles. The van der Waals surface area contributed by atoms with Gasteiger partial charge in [-0.3, -0.25) is 4.79 Å². The first-order valence-corrected chi connectivity index (χ1v) is 10.7. The number of rotatable bonds is 7. The van der Waals surface area contributed by atoms with Crippen molar-refractivity contribution in [2.24, 2.45) is 0 Å². The van der Waals surface area contributed by atoms with Crippen LogP contribution in [0.25, 0.3) is 0 Å². The van der Waals surface area contributed by atoms with Gasteiger partial charge in [-0.25, -0.2) is 17.9 Å². The van der Waals surface area contributed by atoms with Crippen molar-refractivity contribution in [3.63, 3.8) is 0 Å². The van der Waals surface area contributed by atoms with Crippen LogP contribution in [0.3, 0.4) is 0 Å². The molecule has 1 aliphatic heterocycles. The molecule has 1 fully saturated rings. The maximum atomic E-state index is 12.4. The average Bonchev–Trinajstić information content (AvgIpc) is 2.66. The number of hydrogen-bond acceptors (Lipinski definition) is 6. The van der Waals surface area contributed by atoms with E-state index >= 15 is 0 Å². The molecule has 8 nitrogen and oxygen atoms in total. The Morgan fingerprint density at radius 3 is 2.39 bits per heavy atom. The molecule has 0 bridgehead atoms. The second-order valence-electron chi connectivity index (χ2n) is 6.84. The van der Waals surface area contributed by atoms with Crippen molar-refractivity contribution in [3.8, 4) is 6.07 Å². The number of carbonyl (C=O) groups excluding carboxylic acids is 2. The van der Waals surface area contributed by atoms with E-state index in [0.717, 1.165) is 19.3 Å².